The van der Waals surface area contributed by atoms with Crippen LogP contribution in [0.5, 0.6) is 0 Å². The summed E-state index contributed by atoms with van der Waals surface area (Å²) < 4.78 is 5.61. The van der Waals surface area contributed by atoms with E-state index in [9.17, 15) is 9.90 Å². The highest BCUT2D eigenvalue weighted by Crippen LogP contribution is 2.26. The van der Waals surface area contributed by atoms with Crippen molar-refractivity contribution >= 4 is 28.6 Å². The molecule has 0 fully saturated rings. The van der Waals surface area contributed by atoms with E-state index in [1.165, 1.54) is 5.56 Å². The molecule has 1 unspecified atom stereocenters. The molecule has 5 heteroatoms. The van der Waals surface area contributed by atoms with Crippen molar-refractivity contribution in [3.05, 3.63) is 35.1 Å². The van der Waals surface area contributed by atoms with Crippen LogP contribution in [0.2, 0.25) is 0 Å². The van der Waals surface area contributed by atoms with Crippen LogP contribution < -0.4 is 5.32 Å². The fourth-order valence-corrected chi connectivity index (χ4v) is 3.14. The Morgan fingerprint density at radius 1 is 1.41 bits per heavy atom. The van der Waals surface area contributed by atoms with Gasteiger partial charge in [0, 0.05) is 23.2 Å². The molecule has 0 aliphatic carbocycles. The lowest BCUT2D eigenvalue weighted by atomic mass is 10.0. The van der Waals surface area contributed by atoms with Gasteiger partial charge in [0.05, 0.1) is 18.3 Å². The maximum atomic E-state index is 12.1. The maximum Gasteiger partial charge on any atom is 0.224 e. The van der Waals surface area contributed by atoms with Gasteiger partial charge >= 0.3 is 0 Å². The lowest BCUT2D eigenvalue weighted by Gasteiger charge is -2.22. The largest absolute Gasteiger partial charge is 0.464 e. The quantitative estimate of drug-likeness (QED) is 0.859. The van der Waals surface area contributed by atoms with E-state index in [1.54, 1.807) is 24.9 Å². The number of aliphatic hydroxyl groups is 1. The number of aryl methyl sites for hydroxylation is 2. The van der Waals surface area contributed by atoms with Gasteiger partial charge in [-0.15, -0.1) is 0 Å². The van der Waals surface area contributed by atoms with E-state index in [-0.39, 0.29) is 18.9 Å². The van der Waals surface area contributed by atoms with E-state index in [4.69, 9.17) is 4.42 Å². The second kappa shape index (κ2) is 6.75. The minimum Gasteiger partial charge on any atom is -0.464 e. The standard InChI is InChI=1S/C17H23NO3S/c1-11-5-6-14-13(8-21-16(14)12(11)2)7-15(19)18-9-17(3,20)10-22-4/h5-6,8,20H,7,9-10H2,1-4H3,(H,18,19). The number of carbonyl (C=O) groups is 1. The first kappa shape index (κ1) is 16.9. The third-order valence-electron chi connectivity index (χ3n) is 3.81. The van der Waals surface area contributed by atoms with E-state index in [0.717, 1.165) is 22.1 Å². The first-order valence-corrected chi connectivity index (χ1v) is 8.68. The van der Waals surface area contributed by atoms with Crippen LogP contribution in [-0.2, 0) is 11.2 Å². The van der Waals surface area contributed by atoms with Gasteiger partial charge in [-0.3, -0.25) is 4.79 Å². The Labute approximate surface area is 135 Å². The Morgan fingerprint density at radius 3 is 2.82 bits per heavy atom. The zero-order valence-corrected chi connectivity index (χ0v) is 14.3. The number of nitrogens with one attached hydrogen (secondary N) is 1. The van der Waals surface area contributed by atoms with Gasteiger partial charge in [0.2, 0.25) is 5.91 Å². The molecule has 1 amide bonds. The fourth-order valence-electron chi connectivity index (χ4n) is 2.41. The Hall–Kier alpha value is -1.46. The molecule has 2 N–H and O–H groups in total. The molecule has 0 aliphatic heterocycles. The van der Waals surface area contributed by atoms with Crippen LogP contribution in [0, 0.1) is 13.8 Å². The van der Waals surface area contributed by atoms with Crippen LogP contribution in [0.25, 0.3) is 11.0 Å². The minimum atomic E-state index is -0.888. The van der Waals surface area contributed by atoms with Crippen molar-refractivity contribution in [1.82, 2.24) is 5.32 Å². The topological polar surface area (TPSA) is 62.5 Å². The van der Waals surface area contributed by atoms with Gasteiger partial charge in [-0.1, -0.05) is 12.1 Å². The summed E-state index contributed by atoms with van der Waals surface area (Å²) in [6, 6.07) is 4.03. The molecule has 0 saturated heterocycles. The van der Waals surface area contributed by atoms with Gasteiger partial charge in [0.15, 0.2) is 0 Å². The molecule has 2 aromatic rings. The van der Waals surface area contributed by atoms with Crippen molar-refractivity contribution in [3.8, 4) is 0 Å². The number of carbonyl (C=O) groups excluding carboxylic acids is 1. The Morgan fingerprint density at radius 2 is 2.14 bits per heavy atom. The molecule has 1 aromatic carbocycles. The smallest absolute Gasteiger partial charge is 0.224 e. The van der Waals surface area contributed by atoms with E-state index >= 15 is 0 Å². The molecular formula is C17H23NO3S. The number of thioether (sulfide) groups is 1. The molecule has 120 valence electrons. The molecule has 2 rings (SSSR count). The molecular weight excluding hydrogens is 298 g/mol. The highest BCUT2D eigenvalue weighted by Gasteiger charge is 2.21. The van der Waals surface area contributed by atoms with Gasteiger partial charge in [-0.05, 0) is 38.2 Å². The lowest BCUT2D eigenvalue weighted by Crippen LogP contribution is -2.42. The Kier molecular flexibility index (Phi) is 5.19. The summed E-state index contributed by atoms with van der Waals surface area (Å²) in [5.41, 5.74) is 3.11. The third kappa shape index (κ3) is 3.84. The molecule has 0 aliphatic rings. The number of amides is 1. The average molecular weight is 321 g/mol. The summed E-state index contributed by atoms with van der Waals surface area (Å²) in [5, 5.41) is 13.8. The summed E-state index contributed by atoms with van der Waals surface area (Å²) in [5.74, 6) is 0.475. The molecule has 1 heterocycles. The van der Waals surface area contributed by atoms with Crippen LogP contribution in [0.1, 0.15) is 23.6 Å². The summed E-state index contributed by atoms with van der Waals surface area (Å²) in [6.07, 6.45) is 3.83. The SMILES string of the molecule is CSCC(C)(O)CNC(=O)Cc1coc2c(C)c(C)ccc12. The van der Waals surface area contributed by atoms with Crippen LogP contribution in [0.3, 0.4) is 0 Å². The minimum absolute atomic E-state index is 0.109. The number of benzene rings is 1. The molecule has 0 bridgehead atoms. The zero-order valence-electron chi connectivity index (χ0n) is 13.5. The zero-order chi connectivity index (χ0) is 16.3. The van der Waals surface area contributed by atoms with Crippen molar-refractivity contribution in [2.75, 3.05) is 18.6 Å². The number of furan rings is 1. The summed E-state index contributed by atoms with van der Waals surface area (Å²) in [6.45, 7) is 6.03. The van der Waals surface area contributed by atoms with Crippen LogP contribution in [0.15, 0.2) is 22.8 Å². The molecule has 0 radical (unpaired) electrons. The van der Waals surface area contributed by atoms with Crippen LogP contribution >= 0.6 is 11.8 Å². The van der Waals surface area contributed by atoms with Gasteiger partial charge in [0.1, 0.15) is 5.58 Å². The predicted octanol–water partition coefficient (Wildman–Crippen LogP) is 2.82. The number of hydrogen-bond acceptors (Lipinski definition) is 4. The second-order valence-corrected chi connectivity index (χ2v) is 6.89. The van der Waals surface area contributed by atoms with Gasteiger partial charge < -0.3 is 14.8 Å². The van der Waals surface area contributed by atoms with Crippen molar-refractivity contribution in [2.24, 2.45) is 0 Å². The number of rotatable bonds is 6. The molecule has 1 atom stereocenters. The average Bonchev–Trinajstić information content (AvgIpc) is 2.84. The predicted molar refractivity (Wildman–Crippen MR) is 91.4 cm³/mol. The van der Waals surface area contributed by atoms with Crippen LogP contribution in [0.4, 0.5) is 0 Å². The van der Waals surface area contributed by atoms with E-state index in [1.807, 2.05) is 32.2 Å². The fraction of sp³-hybridized carbons (Fsp3) is 0.471. The molecule has 0 spiro atoms. The number of fused-ring (bicyclic) bond motifs is 1. The van der Waals surface area contributed by atoms with Gasteiger partial charge in [-0.25, -0.2) is 0 Å². The molecule has 4 nitrogen and oxygen atoms in total. The molecule has 22 heavy (non-hydrogen) atoms. The van der Waals surface area contributed by atoms with Crippen molar-refractivity contribution in [2.45, 2.75) is 32.8 Å². The van der Waals surface area contributed by atoms with Gasteiger partial charge in [0.25, 0.3) is 0 Å². The van der Waals surface area contributed by atoms with E-state index in [0.29, 0.717) is 5.75 Å². The summed E-state index contributed by atoms with van der Waals surface area (Å²) in [4.78, 5) is 12.1. The number of hydrogen-bond donors (Lipinski definition) is 2. The summed E-state index contributed by atoms with van der Waals surface area (Å²) in [7, 11) is 0. The Balaban J connectivity index is 2.05. The van der Waals surface area contributed by atoms with E-state index < -0.39 is 5.60 Å². The van der Waals surface area contributed by atoms with Crippen molar-refractivity contribution < 1.29 is 14.3 Å². The molecule has 1 aromatic heterocycles. The lowest BCUT2D eigenvalue weighted by molar-refractivity contribution is -0.121. The van der Waals surface area contributed by atoms with Crippen molar-refractivity contribution in [1.29, 1.82) is 0 Å². The maximum absolute atomic E-state index is 12.1. The van der Waals surface area contributed by atoms with Gasteiger partial charge in [-0.2, -0.15) is 11.8 Å². The summed E-state index contributed by atoms with van der Waals surface area (Å²) >= 11 is 1.55. The van der Waals surface area contributed by atoms with Crippen LogP contribution in [-0.4, -0.2) is 35.2 Å². The highest BCUT2D eigenvalue weighted by atomic mass is 32.2. The second-order valence-electron chi connectivity index (χ2n) is 6.03. The first-order chi connectivity index (χ1) is 10.3. The molecule has 0 saturated carbocycles. The monoisotopic (exact) mass is 321 g/mol. The van der Waals surface area contributed by atoms with Crippen molar-refractivity contribution in [3.63, 3.8) is 0 Å². The first-order valence-electron chi connectivity index (χ1n) is 7.28. The normalized spacial score (nSPS) is 14.0. The Bertz CT molecular complexity index is 676. The highest BCUT2D eigenvalue weighted by molar-refractivity contribution is 7.98. The van der Waals surface area contributed by atoms with E-state index in [2.05, 4.69) is 5.32 Å². The third-order valence-corrected chi connectivity index (χ3v) is 4.72.